The van der Waals surface area contributed by atoms with Gasteiger partial charge in [-0.25, -0.2) is 13.6 Å². The van der Waals surface area contributed by atoms with E-state index in [9.17, 15) is 13.6 Å². The fraction of sp³-hybridized carbons (Fsp3) is 0.700. The van der Waals surface area contributed by atoms with E-state index in [0.29, 0.717) is 17.8 Å². The van der Waals surface area contributed by atoms with Crippen molar-refractivity contribution in [1.29, 1.82) is 0 Å². The second-order valence-corrected chi connectivity index (χ2v) is 5.23. The van der Waals surface area contributed by atoms with Crippen LogP contribution in [0.5, 0.6) is 0 Å². The van der Waals surface area contributed by atoms with Crippen LogP contribution in [0.3, 0.4) is 0 Å². The molecular weight excluding hydrogens is 264 g/mol. The van der Waals surface area contributed by atoms with Gasteiger partial charge >= 0.3 is 6.09 Å². The number of carbonyl (C=O) groups excluding carboxylic acids is 1. The van der Waals surface area contributed by atoms with Crippen molar-refractivity contribution in [2.75, 3.05) is 0 Å². The average Bonchev–Trinajstić information content (AvgIpc) is 2.78. The van der Waals surface area contributed by atoms with Crippen molar-refractivity contribution in [3.63, 3.8) is 0 Å². The van der Waals surface area contributed by atoms with Crippen LogP contribution in [0.15, 0.2) is 0 Å². The van der Waals surface area contributed by atoms with Gasteiger partial charge in [0.05, 0.1) is 0 Å². The highest BCUT2D eigenvalue weighted by atomic mass is 32.1. The summed E-state index contributed by atoms with van der Waals surface area (Å²) in [5.41, 5.74) is 4.94. The van der Waals surface area contributed by atoms with Crippen molar-refractivity contribution >= 4 is 17.4 Å². The third-order valence-electron chi connectivity index (χ3n) is 2.95. The lowest BCUT2D eigenvalue weighted by molar-refractivity contribution is 0.0786. The molecule has 5 nitrogen and oxygen atoms in total. The highest BCUT2D eigenvalue weighted by molar-refractivity contribution is 7.11. The summed E-state index contributed by atoms with van der Waals surface area (Å²) < 4.78 is 29.7. The zero-order chi connectivity index (χ0) is 13.1. The lowest BCUT2D eigenvalue weighted by atomic mass is 9.88. The minimum atomic E-state index is -2.56. The maximum Gasteiger partial charge on any atom is 0.404 e. The number of alkyl halides is 2. The van der Waals surface area contributed by atoms with Gasteiger partial charge in [0.1, 0.15) is 11.1 Å². The number of hydrogen-bond donors (Lipinski definition) is 1. The van der Waals surface area contributed by atoms with E-state index in [2.05, 4.69) is 10.2 Å². The maximum atomic E-state index is 12.4. The van der Waals surface area contributed by atoms with E-state index in [1.54, 1.807) is 0 Å². The summed E-state index contributed by atoms with van der Waals surface area (Å²) in [5, 5.41) is 7.68. The van der Waals surface area contributed by atoms with Crippen molar-refractivity contribution in [3.05, 3.63) is 10.0 Å². The van der Waals surface area contributed by atoms with Crippen molar-refractivity contribution in [3.8, 4) is 0 Å². The predicted molar refractivity (Wildman–Crippen MR) is 60.5 cm³/mol. The van der Waals surface area contributed by atoms with Crippen LogP contribution in [-0.4, -0.2) is 22.4 Å². The molecule has 1 aliphatic carbocycles. The SMILES string of the molecule is NC(=O)OC1CCC(c2nnc(C(F)F)s2)CC1. The molecule has 18 heavy (non-hydrogen) atoms. The first-order chi connectivity index (χ1) is 8.56. The summed E-state index contributed by atoms with van der Waals surface area (Å²) in [6.07, 6.45) is -0.651. The Morgan fingerprint density at radius 2 is 2.00 bits per heavy atom. The zero-order valence-corrected chi connectivity index (χ0v) is 10.3. The highest BCUT2D eigenvalue weighted by Gasteiger charge is 2.27. The second-order valence-electron chi connectivity index (χ2n) is 4.19. The normalized spacial score (nSPS) is 24.2. The van der Waals surface area contributed by atoms with Crippen LogP contribution in [-0.2, 0) is 4.74 Å². The first-order valence-corrected chi connectivity index (χ1v) is 6.45. The third-order valence-corrected chi connectivity index (χ3v) is 4.04. The Hall–Kier alpha value is -1.31. The minimum Gasteiger partial charge on any atom is -0.446 e. The lowest BCUT2D eigenvalue weighted by Crippen LogP contribution is -2.26. The molecule has 1 aliphatic rings. The highest BCUT2D eigenvalue weighted by Crippen LogP contribution is 2.36. The summed E-state index contributed by atoms with van der Waals surface area (Å²) in [6, 6.07) is 0. The molecule has 0 unspecified atom stereocenters. The number of halogens is 2. The fourth-order valence-corrected chi connectivity index (χ4v) is 2.96. The number of nitrogens with two attached hydrogens (primary N) is 1. The molecule has 0 aliphatic heterocycles. The third kappa shape index (κ3) is 3.12. The maximum absolute atomic E-state index is 12.4. The number of ether oxygens (including phenoxy) is 1. The molecule has 1 fully saturated rings. The van der Waals surface area contributed by atoms with Gasteiger partial charge in [-0.3, -0.25) is 0 Å². The number of nitrogens with zero attached hydrogens (tertiary/aromatic N) is 2. The smallest absolute Gasteiger partial charge is 0.404 e. The Labute approximate surface area is 106 Å². The molecule has 0 aromatic carbocycles. The van der Waals surface area contributed by atoms with E-state index in [1.165, 1.54) is 0 Å². The van der Waals surface area contributed by atoms with E-state index in [4.69, 9.17) is 10.5 Å². The van der Waals surface area contributed by atoms with Gasteiger partial charge in [-0.2, -0.15) is 0 Å². The van der Waals surface area contributed by atoms with Crippen LogP contribution in [0.2, 0.25) is 0 Å². The second kappa shape index (κ2) is 5.55. The molecule has 2 N–H and O–H groups in total. The summed E-state index contributed by atoms with van der Waals surface area (Å²) >= 11 is 0.958. The molecule has 2 rings (SSSR count). The monoisotopic (exact) mass is 277 g/mol. The molecule has 1 amide bonds. The Bertz CT molecular complexity index is 419. The van der Waals surface area contributed by atoms with Crippen LogP contribution in [0.1, 0.15) is 48.0 Å². The van der Waals surface area contributed by atoms with Gasteiger partial charge in [0, 0.05) is 5.92 Å². The van der Waals surface area contributed by atoms with Crippen LogP contribution in [0.4, 0.5) is 13.6 Å². The lowest BCUT2D eigenvalue weighted by Gasteiger charge is -2.26. The molecule has 0 saturated heterocycles. The van der Waals surface area contributed by atoms with Crippen molar-refractivity contribution in [2.24, 2.45) is 5.73 Å². The van der Waals surface area contributed by atoms with Crippen LogP contribution < -0.4 is 5.73 Å². The summed E-state index contributed by atoms with van der Waals surface area (Å²) in [5.74, 6) is 0.128. The Kier molecular flexibility index (Phi) is 4.05. The summed E-state index contributed by atoms with van der Waals surface area (Å²) in [4.78, 5) is 10.6. The van der Waals surface area contributed by atoms with Gasteiger partial charge in [0.2, 0.25) is 0 Å². The number of amides is 1. The summed E-state index contributed by atoms with van der Waals surface area (Å²) in [6.45, 7) is 0. The molecule has 1 heterocycles. The summed E-state index contributed by atoms with van der Waals surface area (Å²) in [7, 11) is 0. The van der Waals surface area contributed by atoms with E-state index < -0.39 is 12.5 Å². The minimum absolute atomic E-state index is 0.128. The average molecular weight is 277 g/mol. The fourth-order valence-electron chi connectivity index (χ4n) is 2.09. The number of rotatable bonds is 3. The van der Waals surface area contributed by atoms with Gasteiger partial charge in [-0.15, -0.1) is 10.2 Å². The van der Waals surface area contributed by atoms with Gasteiger partial charge in [0.25, 0.3) is 6.43 Å². The van der Waals surface area contributed by atoms with Crippen molar-refractivity contribution in [2.45, 2.75) is 44.1 Å². The van der Waals surface area contributed by atoms with E-state index >= 15 is 0 Å². The van der Waals surface area contributed by atoms with Crippen LogP contribution >= 0.6 is 11.3 Å². The molecule has 8 heteroatoms. The molecule has 0 bridgehead atoms. The molecule has 100 valence electrons. The predicted octanol–water partition coefficient (Wildman–Crippen LogP) is 2.60. The molecule has 1 aromatic heterocycles. The number of aromatic nitrogens is 2. The molecule has 0 spiro atoms. The molecule has 1 aromatic rings. The van der Waals surface area contributed by atoms with Crippen LogP contribution in [0.25, 0.3) is 0 Å². The van der Waals surface area contributed by atoms with Crippen molar-refractivity contribution < 1.29 is 18.3 Å². The van der Waals surface area contributed by atoms with Crippen molar-refractivity contribution in [1.82, 2.24) is 10.2 Å². The molecule has 1 saturated carbocycles. The topological polar surface area (TPSA) is 78.1 Å². The van der Waals surface area contributed by atoms with E-state index in [1.807, 2.05) is 0 Å². The number of hydrogen-bond acceptors (Lipinski definition) is 5. The Morgan fingerprint density at radius 3 is 2.50 bits per heavy atom. The number of carbonyl (C=O) groups is 1. The van der Waals surface area contributed by atoms with Gasteiger partial charge in [-0.05, 0) is 25.7 Å². The first kappa shape index (κ1) is 13.1. The van der Waals surface area contributed by atoms with Gasteiger partial charge < -0.3 is 10.5 Å². The largest absolute Gasteiger partial charge is 0.446 e. The Balaban J connectivity index is 1.90. The van der Waals surface area contributed by atoms with Gasteiger partial charge in [0.15, 0.2) is 5.01 Å². The molecule has 0 atom stereocenters. The standard InChI is InChI=1S/C10H13F2N3O2S/c11-7(12)9-15-14-8(18-9)5-1-3-6(4-2-5)17-10(13)16/h5-7H,1-4H2,(H2,13,16). The van der Waals surface area contributed by atoms with E-state index in [-0.39, 0.29) is 17.0 Å². The Morgan fingerprint density at radius 1 is 1.33 bits per heavy atom. The van der Waals surface area contributed by atoms with Gasteiger partial charge in [-0.1, -0.05) is 11.3 Å². The zero-order valence-electron chi connectivity index (χ0n) is 9.51. The van der Waals surface area contributed by atoms with Crippen LogP contribution in [0, 0.1) is 0 Å². The quantitative estimate of drug-likeness (QED) is 0.921. The number of primary amides is 1. The molecule has 0 radical (unpaired) electrons. The van der Waals surface area contributed by atoms with E-state index in [0.717, 1.165) is 24.2 Å². The first-order valence-electron chi connectivity index (χ1n) is 5.63. The molecular formula is C10H13F2N3O2S.